The minimum absolute atomic E-state index is 0.149. The summed E-state index contributed by atoms with van der Waals surface area (Å²) in [5.74, 6) is -1.22. The number of ether oxygens (including phenoxy) is 1. The van der Waals surface area contributed by atoms with Crippen LogP contribution in [-0.4, -0.2) is 54.8 Å². The number of imidazole rings is 1. The summed E-state index contributed by atoms with van der Waals surface area (Å²) in [6, 6.07) is 3.20. The van der Waals surface area contributed by atoms with Gasteiger partial charge in [0.2, 0.25) is 7.44 Å². The van der Waals surface area contributed by atoms with Crippen LogP contribution in [0.3, 0.4) is 0 Å². The molecule has 0 aliphatic heterocycles. The van der Waals surface area contributed by atoms with Crippen molar-refractivity contribution in [3.63, 3.8) is 0 Å². The van der Waals surface area contributed by atoms with E-state index in [0.29, 0.717) is 11.2 Å². The van der Waals surface area contributed by atoms with E-state index in [-0.39, 0.29) is 17.9 Å². The van der Waals surface area contributed by atoms with Crippen LogP contribution in [0.4, 0.5) is 19.0 Å². The highest BCUT2D eigenvalue weighted by atomic mass is 31.2. The normalized spacial score (nSPS) is 15.9. The fraction of sp³-hybridized carbons (Fsp3) is 0.455. The molecule has 0 spiro atoms. The molecule has 202 valence electrons. The van der Waals surface area contributed by atoms with Crippen LogP contribution < -0.4 is 15.9 Å². The molecule has 3 rings (SSSR count). The van der Waals surface area contributed by atoms with Gasteiger partial charge in [-0.1, -0.05) is 29.8 Å². The standard InChI is InChI=1S/C22H29F3N7O4P/c1-13-5-7-15(8-6-13)17(22(23,24)25)30-37(35,31-21(3,4)20(33)34)12-36-14(2)9-32-11-29-16-18(26)27-10-28-19(16)32/h5-8,10-11,14,17H,9,12H2,1-4H3,(H,33,34)(H2,26,27,28)(H2,30,31,35)/t14-,17-,37+/m1/s1. The van der Waals surface area contributed by atoms with Crippen molar-refractivity contribution < 1.29 is 32.4 Å². The van der Waals surface area contributed by atoms with Gasteiger partial charge in [0.1, 0.15) is 29.8 Å². The summed E-state index contributed by atoms with van der Waals surface area (Å²) in [6.07, 6.45) is -3.52. The smallest absolute Gasteiger partial charge is 0.408 e. The van der Waals surface area contributed by atoms with E-state index >= 15 is 0 Å². The number of hydrogen-bond acceptors (Lipinski definition) is 7. The highest BCUT2D eigenvalue weighted by Crippen LogP contribution is 2.46. The number of hydrogen-bond donors (Lipinski definition) is 4. The fourth-order valence-corrected chi connectivity index (χ4v) is 5.88. The Kier molecular flexibility index (Phi) is 8.27. The molecular weight excluding hydrogens is 514 g/mol. The third-order valence-electron chi connectivity index (χ3n) is 5.49. The summed E-state index contributed by atoms with van der Waals surface area (Å²) in [5.41, 5.74) is 5.32. The van der Waals surface area contributed by atoms with Gasteiger partial charge in [-0.2, -0.15) is 13.2 Å². The molecule has 5 N–H and O–H groups in total. The van der Waals surface area contributed by atoms with Crippen LogP contribution in [0.25, 0.3) is 11.2 Å². The largest absolute Gasteiger partial charge is 0.480 e. The molecule has 1 aromatic carbocycles. The number of fused-ring (bicyclic) bond motifs is 1. The maximum atomic E-state index is 14.1. The third kappa shape index (κ3) is 7.04. The van der Waals surface area contributed by atoms with Crippen molar-refractivity contribution in [2.24, 2.45) is 0 Å². The lowest BCUT2D eigenvalue weighted by Crippen LogP contribution is -2.49. The number of nitrogens with zero attached hydrogens (tertiary/aromatic N) is 4. The number of anilines is 1. The van der Waals surface area contributed by atoms with Gasteiger partial charge in [0.15, 0.2) is 11.5 Å². The highest BCUT2D eigenvalue weighted by molar-refractivity contribution is 7.59. The summed E-state index contributed by atoms with van der Waals surface area (Å²) >= 11 is 0. The number of carboxylic acids is 1. The maximum Gasteiger partial charge on any atom is 0.408 e. The molecule has 0 fully saturated rings. The Balaban J connectivity index is 1.85. The van der Waals surface area contributed by atoms with Gasteiger partial charge in [-0.15, -0.1) is 0 Å². The number of rotatable bonds is 11. The second kappa shape index (κ2) is 10.7. The zero-order chi connectivity index (χ0) is 27.6. The van der Waals surface area contributed by atoms with E-state index in [9.17, 15) is 27.6 Å². The Hall–Kier alpha value is -3.06. The van der Waals surface area contributed by atoms with Crippen molar-refractivity contribution in [3.05, 3.63) is 48.0 Å². The lowest BCUT2D eigenvalue weighted by atomic mass is 10.1. The zero-order valence-electron chi connectivity index (χ0n) is 20.7. The number of alkyl halides is 3. The van der Waals surface area contributed by atoms with Crippen molar-refractivity contribution >= 4 is 30.4 Å². The first-order chi connectivity index (χ1) is 17.1. The summed E-state index contributed by atoms with van der Waals surface area (Å²) < 4.78 is 63.3. The number of benzene rings is 1. The molecule has 3 atom stereocenters. The lowest BCUT2D eigenvalue weighted by molar-refractivity contribution is -0.153. The molecule has 0 aliphatic rings. The number of aliphatic carboxylic acids is 1. The second-order valence-electron chi connectivity index (χ2n) is 9.23. The van der Waals surface area contributed by atoms with Crippen molar-refractivity contribution in [1.29, 1.82) is 0 Å². The van der Waals surface area contributed by atoms with E-state index in [4.69, 9.17) is 10.5 Å². The number of halogens is 3. The molecule has 2 heterocycles. The molecule has 0 amide bonds. The molecule has 15 heteroatoms. The SMILES string of the molecule is Cc1ccc([C@@H](N[P@@](=O)(CO[C@H](C)Cn2cnc3c(N)ncnc32)NC(C)(C)C(=O)O)C(F)(F)F)cc1. The Morgan fingerprint density at radius 3 is 2.46 bits per heavy atom. The van der Waals surface area contributed by atoms with E-state index < -0.39 is 43.6 Å². The first kappa shape index (κ1) is 28.5. The van der Waals surface area contributed by atoms with E-state index in [0.717, 1.165) is 5.56 Å². The van der Waals surface area contributed by atoms with Crippen molar-refractivity contribution in [1.82, 2.24) is 29.7 Å². The number of nitrogen functional groups attached to an aromatic ring is 1. The summed E-state index contributed by atoms with van der Waals surface area (Å²) in [7, 11) is -4.32. The highest BCUT2D eigenvalue weighted by Gasteiger charge is 2.46. The van der Waals surface area contributed by atoms with Crippen LogP contribution in [0.5, 0.6) is 0 Å². The van der Waals surface area contributed by atoms with Gasteiger partial charge in [-0.05, 0) is 33.3 Å². The van der Waals surface area contributed by atoms with Gasteiger partial charge in [-0.25, -0.2) is 25.1 Å². The molecule has 2 aromatic heterocycles. The lowest BCUT2D eigenvalue weighted by Gasteiger charge is -2.33. The van der Waals surface area contributed by atoms with E-state index in [2.05, 4.69) is 25.1 Å². The summed E-state index contributed by atoms with van der Waals surface area (Å²) in [5, 5.41) is 14.0. The number of aromatic nitrogens is 4. The van der Waals surface area contributed by atoms with Gasteiger partial charge < -0.3 is 20.1 Å². The third-order valence-corrected chi connectivity index (χ3v) is 7.60. The monoisotopic (exact) mass is 543 g/mol. The molecule has 0 aliphatic carbocycles. The second-order valence-corrected chi connectivity index (χ2v) is 11.4. The first-order valence-corrected chi connectivity index (χ1v) is 13.1. The Morgan fingerprint density at radius 1 is 1.22 bits per heavy atom. The Bertz CT molecular complexity index is 1300. The molecule has 0 bridgehead atoms. The van der Waals surface area contributed by atoms with Gasteiger partial charge in [0, 0.05) is 0 Å². The molecule has 11 nitrogen and oxygen atoms in total. The van der Waals surface area contributed by atoms with Crippen molar-refractivity contribution in [2.75, 3.05) is 12.1 Å². The van der Waals surface area contributed by atoms with Crippen LogP contribution in [-0.2, 0) is 20.6 Å². The van der Waals surface area contributed by atoms with E-state index in [1.807, 2.05) is 0 Å². The van der Waals surface area contributed by atoms with Crippen LogP contribution in [0.2, 0.25) is 0 Å². The molecule has 0 radical (unpaired) electrons. The average molecular weight is 543 g/mol. The number of aryl methyl sites for hydroxylation is 1. The fourth-order valence-electron chi connectivity index (χ4n) is 3.50. The predicted octanol–water partition coefficient (Wildman–Crippen LogP) is 3.62. The molecule has 37 heavy (non-hydrogen) atoms. The first-order valence-electron chi connectivity index (χ1n) is 11.2. The quantitative estimate of drug-likeness (QED) is 0.263. The zero-order valence-corrected chi connectivity index (χ0v) is 21.5. The predicted molar refractivity (Wildman–Crippen MR) is 131 cm³/mol. The number of nitrogens with two attached hydrogens (primary N) is 1. The van der Waals surface area contributed by atoms with Crippen LogP contribution >= 0.6 is 7.44 Å². The minimum atomic E-state index is -4.83. The molecule has 0 unspecified atom stereocenters. The topological polar surface area (TPSA) is 157 Å². The van der Waals surface area contributed by atoms with Crippen LogP contribution in [0, 0.1) is 6.92 Å². The van der Waals surface area contributed by atoms with Gasteiger partial charge in [0.05, 0.1) is 19.0 Å². The van der Waals surface area contributed by atoms with E-state index in [1.54, 1.807) is 18.4 Å². The van der Waals surface area contributed by atoms with Crippen LogP contribution in [0.15, 0.2) is 36.9 Å². The molecule has 0 saturated heterocycles. The molecular formula is C22H29F3N7O4P. The van der Waals surface area contributed by atoms with Gasteiger partial charge in [0.25, 0.3) is 0 Å². The van der Waals surface area contributed by atoms with E-state index in [1.165, 1.54) is 50.8 Å². The summed E-state index contributed by atoms with van der Waals surface area (Å²) in [4.78, 5) is 23.8. The number of nitrogens with one attached hydrogen (secondary N) is 2. The van der Waals surface area contributed by atoms with Crippen LogP contribution in [0.1, 0.15) is 37.9 Å². The van der Waals surface area contributed by atoms with Crippen molar-refractivity contribution in [3.8, 4) is 0 Å². The number of carboxylic acid groups (broad SMARTS) is 1. The van der Waals surface area contributed by atoms with Crippen molar-refractivity contribution in [2.45, 2.75) is 58.1 Å². The molecule has 0 saturated carbocycles. The maximum absolute atomic E-state index is 14.1. The average Bonchev–Trinajstić information content (AvgIpc) is 3.20. The van der Waals surface area contributed by atoms with Gasteiger partial charge >= 0.3 is 12.1 Å². The number of carbonyl (C=O) groups is 1. The Morgan fingerprint density at radius 2 is 1.86 bits per heavy atom. The molecule has 3 aromatic rings. The summed E-state index contributed by atoms with van der Waals surface area (Å²) in [6.45, 7) is 5.88. The van der Waals surface area contributed by atoms with Gasteiger partial charge in [-0.3, -0.25) is 9.36 Å². The minimum Gasteiger partial charge on any atom is -0.480 e. The Labute approximate surface area is 211 Å².